The molecule has 1 N–H and O–H groups in total. The van der Waals surface area contributed by atoms with Gasteiger partial charge in [-0.2, -0.15) is 5.10 Å². The standard InChI is InChI=1S/C13H10BrClN4OS/c14-8-1-2-11(15)10(5-8)12(20)16-4-3-9-6-21-13-17-7-18-19(9)13/h1-2,5-7H,3-4H2,(H,16,20). The van der Waals surface area contributed by atoms with Crippen molar-refractivity contribution >= 4 is 49.7 Å². The molecule has 0 saturated heterocycles. The van der Waals surface area contributed by atoms with Gasteiger partial charge in [-0.05, 0) is 18.2 Å². The van der Waals surface area contributed by atoms with Crippen LogP contribution in [0.5, 0.6) is 0 Å². The first-order valence-electron chi connectivity index (χ1n) is 6.14. The monoisotopic (exact) mass is 384 g/mol. The number of carbonyl (C=O) groups is 1. The summed E-state index contributed by atoms with van der Waals surface area (Å²) in [6, 6.07) is 5.20. The fourth-order valence-electron chi connectivity index (χ4n) is 1.91. The second-order valence-corrected chi connectivity index (χ2v) is 6.47. The maximum atomic E-state index is 12.1. The van der Waals surface area contributed by atoms with Gasteiger partial charge in [0.2, 0.25) is 4.96 Å². The summed E-state index contributed by atoms with van der Waals surface area (Å²) >= 11 is 10.9. The van der Waals surface area contributed by atoms with Crippen molar-refractivity contribution in [1.29, 1.82) is 0 Å². The topological polar surface area (TPSA) is 59.3 Å². The van der Waals surface area contributed by atoms with E-state index in [9.17, 15) is 4.79 Å². The number of aromatic nitrogens is 3. The normalized spacial score (nSPS) is 11.0. The number of nitrogens with one attached hydrogen (secondary N) is 1. The van der Waals surface area contributed by atoms with E-state index in [0.717, 1.165) is 15.1 Å². The summed E-state index contributed by atoms with van der Waals surface area (Å²) < 4.78 is 2.60. The van der Waals surface area contributed by atoms with Gasteiger partial charge in [0.25, 0.3) is 5.91 Å². The third-order valence-electron chi connectivity index (χ3n) is 2.93. The Morgan fingerprint density at radius 2 is 2.33 bits per heavy atom. The lowest BCUT2D eigenvalue weighted by molar-refractivity contribution is 0.0954. The van der Waals surface area contributed by atoms with Crippen LogP contribution in [-0.2, 0) is 6.42 Å². The fraction of sp³-hybridized carbons (Fsp3) is 0.154. The Bertz CT molecular complexity index is 800. The highest BCUT2D eigenvalue weighted by atomic mass is 79.9. The van der Waals surface area contributed by atoms with E-state index in [0.29, 0.717) is 23.6 Å². The second kappa shape index (κ2) is 6.13. The summed E-state index contributed by atoms with van der Waals surface area (Å²) in [6.45, 7) is 0.507. The Morgan fingerprint density at radius 3 is 3.19 bits per heavy atom. The van der Waals surface area contributed by atoms with E-state index in [1.54, 1.807) is 22.7 Å². The number of benzene rings is 1. The molecule has 0 aliphatic rings. The maximum absolute atomic E-state index is 12.1. The van der Waals surface area contributed by atoms with Crippen LogP contribution in [0.25, 0.3) is 4.96 Å². The quantitative estimate of drug-likeness (QED) is 0.750. The van der Waals surface area contributed by atoms with E-state index >= 15 is 0 Å². The van der Waals surface area contributed by atoms with Crippen molar-refractivity contribution in [2.24, 2.45) is 0 Å². The molecular formula is C13H10BrClN4OS. The van der Waals surface area contributed by atoms with Gasteiger partial charge in [-0.15, -0.1) is 11.3 Å². The van der Waals surface area contributed by atoms with Crippen LogP contribution >= 0.6 is 38.9 Å². The van der Waals surface area contributed by atoms with E-state index in [1.165, 1.54) is 17.7 Å². The van der Waals surface area contributed by atoms with Crippen LogP contribution in [0.3, 0.4) is 0 Å². The lowest BCUT2D eigenvalue weighted by atomic mass is 10.2. The van der Waals surface area contributed by atoms with Gasteiger partial charge in [0.1, 0.15) is 6.33 Å². The average molecular weight is 386 g/mol. The SMILES string of the molecule is O=C(NCCc1csc2ncnn12)c1cc(Br)ccc1Cl. The molecule has 2 aromatic heterocycles. The number of hydrogen-bond acceptors (Lipinski definition) is 4. The molecule has 3 rings (SSSR count). The summed E-state index contributed by atoms with van der Waals surface area (Å²) in [5, 5.41) is 9.43. The molecule has 108 valence electrons. The van der Waals surface area contributed by atoms with Crippen LogP contribution in [0, 0.1) is 0 Å². The molecule has 0 saturated carbocycles. The van der Waals surface area contributed by atoms with Gasteiger partial charge < -0.3 is 5.32 Å². The fourth-order valence-corrected chi connectivity index (χ4v) is 3.31. The first-order valence-corrected chi connectivity index (χ1v) is 8.19. The number of amides is 1. The Labute approximate surface area is 138 Å². The number of halogens is 2. The van der Waals surface area contributed by atoms with E-state index in [2.05, 4.69) is 31.3 Å². The maximum Gasteiger partial charge on any atom is 0.252 e. The minimum atomic E-state index is -0.189. The van der Waals surface area contributed by atoms with Crippen molar-refractivity contribution < 1.29 is 4.79 Å². The smallest absolute Gasteiger partial charge is 0.252 e. The molecule has 0 radical (unpaired) electrons. The van der Waals surface area contributed by atoms with E-state index in [1.807, 2.05) is 5.38 Å². The van der Waals surface area contributed by atoms with Crippen molar-refractivity contribution in [2.45, 2.75) is 6.42 Å². The Kier molecular flexibility index (Phi) is 4.23. The lowest BCUT2D eigenvalue weighted by Gasteiger charge is -2.06. The molecule has 0 unspecified atom stereocenters. The van der Waals surface area contributed by atoms with Crippen LogP contribution in [0.2, 0.25) is 5.02 Å². The Morgan fingerprint density at radius 1 is 1.48 bits per heavy atom. The van der Waals surface area contributed by atoms with Crippen molar-refractivity contribution in [3.63, 3.8) is 0 Å². The molecule has 0 aliphatic heterocycles. The van der Waals surface area contributed by atoms with Gasteiger partial charge in [0.05, 0.1) is 16.3 Å². The Balaban J connectivity index is 1.64. The second-order valence-electron chi connectivity index (χ2n) is 4.31. The van der Waals surface area contributed by atoms with E-state index in [-0.39, 0.29) is 5.91 Å². The number of carbonyl (C=O) groups excluding carboxylic acids is 1. The number of rotatable bonds is 4. The molecule has 3 aromatic rings. The molecule has 0 atom stereocenters. The lowest BCUT2D eigenvalue weighted by Crippen LogP contribution is -2.26. The number of nitrogens with zero attached hydrogens (tertiary/aromatic N) is 3. The minimum absolute atomic E-state index is 0.189. The van der Waals surface area contributed by atoms with Crippen molar-refractivity contribution in [3.8, 4) is 0 Å². The molecule has 2 heterocycles. The number of thiazole rings is 1. The van der Waals surface area contributed by atoms with Gasteiger partial charge in [0, 0.05) is 22.8 Å². The highest BCUT2D eigenvalue weighted by Crippen LogP contribution is 2.20. The molecular weight excluding hydrogens is 376 g/mol. The third-order valence-corrected chi connectivity index (χ3v) is 4.63. The zero-order valence-corrected chi connectivity index (χ0v) is 13.9. The first kappa shape index (κ1) is 14.5. The highest BCUT2D eigenvalue weighted by molar-refractivity contribution is 9.10. The van der Waals surface area contributed by atoms with Crippen molar-refractivity contribution in [2.75, 3.05) is 6.54 Å². The summed E-state index contributed by atoms with van der Waals surface area (Å²) in [4.78, 5) is 17.1. The summed E-state index contributed by atoms with van der Waals surface area (Å²) in [6.07, 6.45) is 2.20. The van der Waals surface area contributed by atoms with Crippen LogP contribution in [0.1, 0.15) is 16.1 Å². The van der Waals surface area contributed by atoms with Gasteiger partial charge in [-0.1, -0.05) is 27.5 Å². The van der Waals surface area contributed by atoms with Crippen molar-refractivity contribution in [3.05, 3.63) is 50.7 Å². The molecule has 0 aliphatic carbocycles. The van der Waals surface area contributed by atoms with E-state index < -0.39 is 0 Å². The van der Waals surface area contributed by atoms with Gasteiger partial charge >= 0.3 is 0 Å². The van der Waals surface area contributed by atoms with Crippen LogP contribution < -0.4 is 5.32 Å². The van der Waals surface area contributed by atoms with Crippen molar-refractivity contribution in [1.82, 2.24) is 19.9 Å². The van der Waals surface area contributed by atoms with Crippen LogP contribution in [0.15, 0.2) is 34.4 Å². The molecule has 0 fully saturated rings. The molecule has 1 aromatic carbocycles. The minimum Gasteiger partial charge on any atom is -0.352 e. The molecule has 5 nitrogen and oxygen atoms in total. The third kappa shape index (κ3) is 3.09. The number of fused-ring (bicyclic) bond motifs is 1. The molecule has 1 amide bonds. The summed E-state index contributed by atoms with van der Waals surface area (Å²) in [5.74, 6) is -0.189. The molecule has 0 spiro atoms. The van der Waals surface area contributed by atoms with Gasteiger partial charge in [-0.25, -0.2) is 9.50 Å². The Hall–Kier alpha value is -1.44. The average Bonchev–Trinajstić information content (AvgIpc) is 3.06. The predicted octanol–water partition coefficient (Wildman–Crippen LogP) is 3.18. The molecule has 8 heteroatoms. The number of hydrogen-bond donors (Lipinski definition) is 1. The van der Waals surface area contributed by atoms with Gasteiger partial charge in [0.15, 0.2) is 0 Å². The van der Waals surface area contributed by atoms with Crippen LogP contribution in [-0.4, -0.2) is 27.0 Å². The summed E-state index contributed by atoms with van der Waals surface area (Å²) in [7, 11) is 0. The molecule has 21 heavy (non-hydrogen) atoms. The molecule has 0 bridgehead atoms. The summed E-state index contributed by atoms with van der Waals surface area (Å²) in [5.41, 5.74) is 1.48. The zero-order chi connectivity index (χ0) is 14.8. The van der Waals surface area contributed by atoms with E-state index in [4.69, 9.17) is 11.6 Å². The predicted molar refractivity (Wildman–Crippen MR) is 86.1 cm³/mol. The zero-order valence-electron chi connectivity index (χ0n) is 10.7. The highest BCUT2D eigenvalue weighted by Gasteiger charge is 2.11. The van der Waals surface area contributed by atoms with Crippen LogP contribution in [0.4, 0.5) is 0 Å². The van der Waals surface area contributed by atoms with Gasteiger partial charge in [-0.3, -0.25) is 4.79 Å². The largest absolute Gasteiger partial charge is 0.352 e. The first-order chi connectivity index (χ1) is 10.1.